The van der Waals surface area contributed by atoms with Crippen LogP contribution in [0.15, 0.2) is 6.07 Å². The van der Waals surface area contributed by atoms with Gasteiger partial charge in [0.2, 0.25) is 5.88 Å². The predicted octanol–water partition coefficient (Wildman–Crippen LogP) is 3.95. The van der Waals surface area contributed by atoms with Gasteiger partial charge < -0.3 is 9.47 Å². The van der Waals surface area contributed by atoms with E-state index in [0.29, 0.717) is 0 Å². The average molecular weight is 311 g/mol. The zero-order valence-electron chi connectivity index (χ0n) is 9.44. The Kier molecular flexibility index (Phi) is 4.30. The van der Waals surface area contributed by atoms with E-state index in [-0.39, 0.29) is 6.07 Å². The number of halogens is 8. The molecule has 1 rings (SSSR count). The quantitative estimate of drug-likeness (QED) is 0.792. The number of hydrogen-bond donors (Lipinski definition) is 0. The molecule has 0 atom stereocenters. The molecule has 20 heavy (non-hydrogen) atoms. The maximum atomic E-state index is 12.6. The summed E-state index contributed by atoms with van der Waals surface area (Å²) in [5.41, 5.74) is -3.87. The van der Waals surface area contributed by atoms with Crippen LogP contribution in [0.5, 0.6) is 11.6 Å². The molecule has 0 spiro atoms. The summed E-state index contributed by atoms with van der Waals surface area (Å²) >= 11 is 0. The van der Waals surface area contributed by atoms with Crippen LogP contribution in [0.25, 0.3) is 0 Å². The number of methoxy groups -OCH3 is 1. The van der Waals surface area contributed by atoms with Crippen LogP contribution in [-0.4, -0.2) is 18.5 Å². The van der Waals surface area contributed by atoms with Gasteiger partial charge in [-0.2, -0.15) is 13.2 Å². The number of alkyl halides is 8. The van der Waals surface area contributed by atoms with Gasteiger partial charge in [-0.1, -0.05) is 0 Å². The molecule has 0 aromatic carbocycles. The van der Waals surface area contributed by atoms with Crippen molar-refractivity contribution in [1.29, 1.82) is 0 Å². The highest BCUT2D eigenvalue weighted by Crippen LogP contribution is 2.43. The maximum Gasteiger partial charge on any atom is 0.573 e. The molecule has 0 radical (unpaired) electrons. The first-order chi connectivity index (χ1) is 8.95. The minimum absolute atomic E-state index is 0.237. The number of rotatable bonds is 3. The van der Waals surface area contributed by atoms with Gasteiger partial charge in [0.25, 0.3) is 6.43 Å². The van der Waals surface area contributed by atoms with E-state index < -0.39 is 41.9 Å². The van der Waals surface area contributed by atoms with Crippen molar-refractivity contribution in [3.8, 4) is 11.6 Å². The molecule has 0 N–H and O–H groups in total. The molecule has 0 saturated carbocycles. The Morgan fingerprint density at radius 3 is 2.00 bits per heavy atom. The third kappa shape index (κ3) is 3.84. The van der Waals surface area contributed by atoms with Crippen molar-refractivity contribution in [2.45, 2.75) is 19.0 Å². The monoisotopic (exact) mass is 311 g/mol. The Labute approximate surface area is 106 Å². The summed E-state index contributed by atoms with van der Waals surface area (Å²) < 4.78 is 106. The fourth-order valence-corrected chi connectivity index (χ4v) is 1.21. The zero-order valence-corrected chi connectivity index (χ0v) is 9.44. The molecular formula is C9H5F8NO2. The lowest BCUT2D eigenvalue weighted by molar-refractivity contribution is -0.277. The topological polar surface area (TPSA) is 31.4 Å². The van der Waals surface area contributed by atoms with E-state index in [4.69, 9.17) is 0 Å². The Morgan fingerprint density at radius 2 is 1.65 bits per heavy atom. The second-order valence-electron chi connectivity index (χ2n) is 3.28. The molecule has 3 nitrogen and oxygen atoms in total. The lowest BCUT2D eigenvalue weighted by Gasteiger charge is -2.18. The molecule has 0 fully saturated rings. The van der Waals surface area contributed by atoms with Gasteiger partial charge in [-0.25, -0.2) is 13.8 Å². The van der Waals surface area contributed by atoms with Crippen LogP contribution in [0.1, 0.15) is 17.7 Å². The molecule has 0 amide bonds. The number of ether oxygens (including phenoxy) is 2. The minimum atomic E-state index is -5.58. The van der Waals surface area contributed by atoms with Crippen LogP contribution in [-0.2, 0) is 6.18 Å². The summed E-state index contributed by atoms with van der Waals surface area (Å²) in [6, 6.07) is 0.237. The highest BCUT2D eigenvalue weighted by molar-refractivity contribution is 5.43. The first-order valence-corrected chi connectivity index (χ1v) is 4.65. The summed E-state index contributed by atoms with van der Waals surface area (Å²) in [5.74, 6) is -3.01. The van der Waals surface area contributed by atoms with Gasteiger partial charge >= 0.3 is 12.5 Å². The van der Waals surface area contributed by atoms with Crippen molar-refractivity contribution < 1.29 is 44.6 Å². The van der Waals surface area contributed by atoms with Crippen molar-refractivity contribution in [2.75, 3.05) is 7.11 Å². The van der Waals surface area contributed by atoms with Gasteiger partial charge in [0.15, 0.2) is 11.4 Å². The van der Waals surface area contributed by atoms with E-state index in [1.54, 1.807) is 0 Å². The van der Waals surface area contributed by atoms with Crippen LogP contribution in [0.2, 0.25) is 0 Å². The van der Waals surface area contributed by atoms with Crippen LogP contribution in [0, 0.1) is 0 Å². The van der Waals surface area contributed by atoms with E-state index in [2.05, 4.69) is 14.5 Å². The SMILES string of the molecule is COc1cc(C(F)F)c(OC(F)(F)F)c(C(F)(F)F)n1. The average Bonchev–Trinajstić information content (AvgIpc) is 2.25. The fraction of sp³-hybridized carbons (Fsp3) is 0.444. The van der Waals surface area contributed by atoms with Gasteiger partial charge in [0.1, 0.15) is 0 Å². The van der Waals surface area contributed by atoms with Gasteiger partial charge in [0, 0.05) is 6.07 Å². The van der Waals surface area contributed by atoms with Crippen LogP contribution in [0.3, 0.4) is 0 Å². The number of pyridine rings is 1. The van der Waals surface area contributed by atoms with Crippen LogP contribution < -0.4 is 9.47 Å². The third-order valence-electron chi connectivity index (χ3n) is 1.91. The summed E-state index contributed by atoms with van der Waals surface area (Å²) in [6.45, 7) is 0. The third-order valence-corrected chi connectivity index (χ3v) is 1.91. The summed E-state index contributed by atoms with van der Waals surface area (Å²) in [6.07, 6.45) is -14.7. The summed E-state index contributed by atoms with van der Waals surface area (Å²) in [5, 5.41) is 0. The second-order valence-corrected chi connectivity index (χ2v) is 3.28. The number of nitrogens with zero attached hydrogens (tertiary/aromatic N) is 1. The smallest absolute Gasteiger partial charge is 0.481 e. The largest absolute Gasteiger partial charge is 0.573 e. The molecule has 0 unspecified atom stereocenters. The van der Waals surface area contributed by atoms with Gasteiger partial charge in [0.05, 0.1) is 12.7 Å². The Balaban J connectivity index is 3.56. The van der Waals surface area contributed by atoms with E-state index in [1.165, 1.54) is 0 Å². The predicted molar refractivity (Wildman–Crippen MR) is 47.4 cm³/mol. The molecule has 0 aliphatic carbocycles. The molecule has 1 aromatic heterocycles. The van der Waals surface area contributed by atoms with Crippen LogP contribution in [0.4, 0.5) is 35.1 Å². The highest BCUT2D eigenvalue weighted by Gasteiger charge is 2.44. The number of aromatic nitrogens is 1. The van der Waals surface area contributed by atoms with Gasteiger partial charge in [-0.15, -0.1) is 13.2 Å². The molecule has 0 aliphatic rings. The van der Waals surface area contributed by atoms with E-state index in [0.717, 1.165) is 7.11 Å². The molecule has 114 valence electrons. The number of hydrogen-bond acceptors (Lipinski definition) is 3. The van der Waals surface area contributed by atoms with Gasteiger partial charge in [-0.05, 0) is 0 Å². The zero-order chi connectivity index (χ0) is 15.7. The highest BCUT2D eigenvalue weighted by atomic mass is 19.4. The molecule has 0 saturated heterocycles. The van der Waals surface area contributed by atoms with Crippen molar-refractivity contribution in [3.63, 3.8) is 0 Å². The van der Waals surface area contributed by atoms with Crippen LogP contribution >= 0.6 is 0 Å². The first-order valence-electron chi connectivity index (χ1n) is 4.65. The van der Waals surface area contributed by atoms with Gasteiger partial charge in [-0.3, -0.25) is 0 Å². The lowest BCUT2D eigenvalue weighted by Crippen LogP contribution is -2.22. The minimum Gasteiger partial charge on any atom is -0.481 e. The standard InChI is InChI=1S/C9H5F8NO2/c1-19-4-2-3(7(10)11)5(20-9(15,16)17)6(18-4)8(12,13)14/h2,7H,1H3. The summed E-state index contributed by atoms with van der Waals surface area (Å²) in [4.78, 5) is 2.68. The molecule has 0 aliphatic heterocycles. The Morgan fingerprint density at radius 1 is 1.10 bits per heavy atom. The normalized spacial score (nSPS) is 12.7. The first kappa shape index (κ1) is 16.2. The summed E-state index contributed by atoms with van der Waals surface area (Å²) in [7, 11) is 0.821. The maximum absolute atomic E-state index is 12.6. The van der Waals surface area contributed by atoms with E-state index >= 15 is 0 Å². The molecule has 11 heteroatoms. The molecule has 1 heterocycles. The van der Waals surface area contributed by atoms with Crippen molar-refractivity contribution >= 4 is 0 Å². The van der Waals surface area contributed by atoms with Crippen molar-refractivity contribution in [1.82, 2.24) is 4.98 Å². The van der Waals surface area contributed by atoms with E-state index in [9.17, 15) is 35.1 Å². The lowest BCUT2D eigenvalue weighted by atomic mass is 10.2. The fourth-order valence-electron chi connectivity index (χ4n) is 1.21. The van der Waals surface area contributed by atoms with Crippen molar-refractivity contribution in [2.24, 2.45) is 0 Å². The molecular weight excluding hydrogens is 306 g/mol. The van der Waals surface area contributed by atoms with E-state index in [1.807, 2.05) is 0 Å². The molecule has 1 aromatic rings. The Hall–Kier alpha value is -1.81. The molecule has 0 bridgehead atoms. The second kappa shape index (κ2) is 5.29. The van der Waals surface area contributed by atoms with Crippen molar-refractivity contribution in [3.05, 3.63) is 17.3 Å². The Bertz CT molecular complexity index is 482.